The summed E-state index contributed by atoms with van der Waals surface area (Å²) in [5.41, 5.74) is 0.0615. The van der Waals surface area contributed by atoms with Gasteiger partial charge in [-0.3, -0.25) is 9.69 Å². The van der Waals surface area contributed by atoms with Crippen molar-refractivity contribution in [3.8, 4) is 5.75 Å². The second-order valence-corrected chi connectivity index (χ2v) is 4.79. The zero-order valence-corrected chi connectivity index (χ0v) is 11.1. The van der Waals surface area contributed by atoms with E-state index in [2.05, 4.69) is 16.8 Å². The molecule has 1 saturated heterocycles. The Bertz CT molecular complexity index is 431. The number of likely N-dealkylation sites (N-methyl/N-ethyl adjacent to an activating group) is 1. The lowest BCUT2D eigenvalue weighted by Crippen LogP contribution is -2.45. The van der Waals surface area contributed by atoms with Gasteiger partial charge in [0.25, 0.3) is 0 Å². The lowest BCUT2D eigenvalue weighted by Gasteiger charge is -2.32. The van der Waals surface area contributed by atoms with Crippen LogP contribution in [0.1, 0.15) is 10.4 Å². The summed E-state index contributed by atoms with van der Waals surface area (Å²) < 4.78 is 18.9. The largest absolute Gasteiger partial charge is 0.492 e. The van der Waals surface area contributed by atoms with E-state index >= 15 is 0 Å². The molecule has 0 aliphatic carbocycles. The first kappa shape index (κ1) is 14.0. The summed E-state index contributed by atoms with van der Waals surface area (Å²) in [6.45, 7) is 5.59. The molecule has 1 aliphatic heterocycles. The number of rotatable bonds is 5. The molecule has 0 radical (unpaired) electrons. The maximum absolute atomic E-state index is 13.3. The first-order valence-corrected chi connectivity index (χ1v) is 6.47. The Kier molecular flexibility index (Phi) is 4.87. The van der Waals surface area contributed by atoms with Gasteiger partial charge in [-0.05, 0) is 19.2 Å². The van der Waals surface area contributed by atoms with E-state index in [1.807, 2.05) is 0 Å². The number of halogens is 1. The van der Waals surface area contributed by atoms with Crippen LogP contribution in [0.5, 0.6) is 5.75 Å². The summed E-state index contributed by atoms with van der Waals surface area (Å²) in [5, 5.41) is 0. The van der Waals surface area contributed by atoms with E-state index < -0.39 is 5.82 Å². The number of aldehydes is 1. The van der Waals surface area contributed by atoms with Gasteiger partial charge in [-0.1, -0.05) is 0 Å². The fourth-order valence-corrected chi connectivity index (χ4v) is 2.06. The minimum Gasteiger partial charge on any atom is -0.492 e. The molecule has 2 rings (SSSR count). The van der Waals surface area contributed by atoms with E-state index in [1.54, 1.807) is 6.07 Å². The molecule has 0 bridgehead atoms. The van der Waals surface area contributed by atoms with Crippen LogP contribution in [0.25, 0.3) is 0 Å². The number of carbonyl (C=O) groups is 1. The number of benzene rings is 1. The molecule has 1 aromatic carbocycles. The molecule has 19 heavy (non-hydrogen) atoms. The van der Waals surface area contributed by atoms with Crippen LogP contribution in [-0.4, -0.2) is 62.5 Å². The van der Waals surface area contributed by atoms with Gasteiger partial charge in [0.1, 0.15) is 18.2 Å². The average Bonchev–Trinajstić information content (AvgIpc) is 2.41. The minimum atomic E-state index is -0.535. The highest BCUT2D eigenvalue weighted by molar-refractivity contribution is 5.75. The van der Waals surface area contributed by atoms with Crippen LogP contribution in [0.15, 0.2) is 18.2 Å². The predicted molar refractivity (Wildman–Crippen MR) is 71.2 cm³/mol. The first-order valence-electron chi connectivity index (χ1n) is 6.47. The topological polar surface area (TPSA) is 32.8 Å². The monoisotopic (exact) mass is 266 g/mol. The number of nitrogens with zero attached hydrogens (tertiary/aromatic N) is 2. The van der Waals surface area contributed by atoms with Crippen molar-refractivity contribution in [2.45, 2.75) is 0 Å². The summed E-state index contributed by atoms with van der Waals surface area (Å²) >= 11 is 0. The fourth-order valence-electron chi connectivity index (χ4n) is 2.06. The molecular weight excluding hydrogens is 247 g/mol. The van der Waals surface area contributed by atoms with Gasteiger partial charge >= 0.3 is 0 Å². The van der Waals surface area contributed by atoms with Crippen molar-refractivity contribution in [1.29, 1.82) is 0 Å². The molecule has 0 spiro atoms. The van der Waals surface area contributed by atoms with Crippen molar-refractivity contribution in [2.24, 2.45) is 0 Å². The molecule has 0 amide bonds. The van der Waals surface area contributed by atoms with Crippen molar-refractivity contribution >= 4 is 6.29 Å². The predicted octanol–water partition coefficient (Wildman–Crippen LogP) is 1.26. The van der Waals surface area contributed by atoms with Crippen molar-refractivity contribution in [1.82, 2.24) is 9.80 Å². The van der Waals surface area contributed by atoms with Crippen molar-refractivity contribution in [3.63, 3.8) is 0 Å². The molecule has 4 nitrogen and oxygen atoms in total. The van der Waals surface area contributed by atoms with Crippen LogP contribution < -0.4 is 4.74 Å². The van der Waals surface area contributed by atoms with Gasteiger partial charge in [-0.15, -0.1) is 0 Å². The van der Waals surface area contributed by atoms with Crippen LogP contribution in [0.2, 0.25) is 0 Å². The Morgan fingerprint density at radius 3 is 2.68 bits per heavy atom. The molecule has 104 valence electrons. The van der Waals surface area contributed by atoms with E-state index in [1.165, 1.54) is 12.1 Å². The Balaban J connectivity index is 1.76. The van der Waals surface area contributed by atoms with E-state index in [-0.39, 0.29) is 5.56 Å². The van der Waals surface area contributed by atoms with Crippen LogP contribution >= 0.6 is 0 Å². The standard InChI is InChI=1S/C14H19FN2O2/c1-16-4-6-17(7-5-16)8-9-19-13-3-2-12(11-18)14(15)10-13/h2-3,10-11H,4-9H2,1H3. The van der Waals surface area contributed by atoms with Gasteiger partial charge < -0.3 is 9.64 Å². The second-order valence-electron chi connectivity index (χ2n) is 4.79. The quantitative estimate of drug-likeness (QED) is 0.751. The third-order valence-electron chi connectivity index (χ3n) is 3.37. The average molecular weight is 266 g/mol. The Morgan fingerprint density at radius 2 is 2.05 bits per heavy atom. The van der Waals surface area contributed by atoms with Gasteiger partial charge in [-0.2, -0.15) is 0 Å². The van der Waals surface area contributed by atoms with Crippen LogP contribution in [0.3, 0.4) is 0 Å². The second kappa shape index (κ2) is 6.63. The van der Waals surface area contributed by atoms with Crippen LogP contribution in [0.4, 0.5) is 4.39 Å². The van der Waals surface area contributed by atoms with E-state index in [0.29, 0.717) is 18.6 Å². The van der Waals surface area contributed by atoms with Crippen LogP contribution in [-0.2, 0) is 0 Å². The highest BCUT2D eigenvalue weighted by Gasteiger charge is 2.13. The van der Waals surface area contributed by atoms with Gasteiger partial charge in [0.15, 0.2) is 6.29 Å². The van der Waals surface area contributed by atoms with Gasteiger partial charge in [-0.25, -0.2) is 4.39 Å². The number of hydrogen-bond donors (Lipinski definition) is 0. The molecule has 1 fully saturated rings. The molecule has 0 saturated carbocycles. The molecule has 1 aromatic rings. The fraction of sp³-hybridized carbons (Fsp3) is 0.500. The molecule has 0 unspecified atom stereocenters. The smallest absolute Gasteiger partial charge is 0.152 e. The van der Waals surface area contributed by atoms with E-state index in [9.17, 15) is 9.18 Å². The number of carbonyl (C=O) groups excluding carboxylic acids is 1. The van der Waals surface area contributed by atoms with Crippen LogP contribution in [0, 0.1) is 5.82 Å². The highest BCUT2D eigenvalue weighted by atomic mass is 19.1. The maximum Gasteiger partial charge on any atom is 0.152 e. The molecule has 0 N–H and O–H groups in total. The molecule has 0 atom stereocenters. The molecule has 1 heterocycles. The Morgan fingerprint density at radius 1 is 1.32 bits per heavy atom. The summed E-state index contributed by atoms with van der Waals surface area (Å²) in [5.74, 6) is -0.0654. The SMILES string of the molecule is CN1CCN(CCOc2ccc(C=O)c(F)c2)CC1. The molecular formula is C14H19FN2O2. The third-order valence-corrected chi connectivity index (χ3v) is 3.37. The lowest BCUT2D eigenvalue weighted by atomic mass is 10.2. The minimum absolute atomic E-state index is 0.0615. The number of hydrogen-bond acceptors (Lipinski definition) is 4. The Labute approximate surface area is 112 Å². The highest BCUT2D eigenvalue weighted by Crippen LogP contribution is 2.15. The summed E-state index contributed by atoms with van der Waals surface area (Å²) in [6, 6.07) is 4.32. The normalized spacial score (nSPS) is 17.4. The summed E-state index contributed by atoms with van der Waals surface area (Å²) in [7, 11) is 2.12. The molecule has 5 heteroatoms. The van der Waals surface area contributed by atoms with Gasteiger partial charge in [0.05, 0.1) is 5.56 Å². The van der Waals surface area contributed by atoms with E-state index in [4.69, 9.17) is 4.74 Å². The maximum atomic E-state index is 13.3. The third kappa shape index (κ3) is 4.01. The summed E-state index contributed by atoms with van der Waals surface area (Å²) in [4.78, 5) is 15.1. The van der Waals surface area contributed by atoms with Crippen molar-refractivity contribution < 1.29 is 13.9 Å². The van der Waals surface area contributed by atoms with Gasteiger partial charge in [0.2, 0.25) is 0 Å². The first-order chi connectivity index (χ1) is 9.19. The van der Waals surface area contributed by atoms with Crippen molar-refractivity contribution in [3.05, 3.63) is 29.6 Å². The van der Waals surface area contributed by atoms with E-state index in [0.717, 1.165) is 32.7 Å². The molecule has 1 aliphatic rings. The number of ether oxygens (including phenoxy) is 1. The zero-order chi connectivity index (χ0) is 13.7. The molecule has 0 aromatic heterocycles. The van der Waals surface area contributed by atoms with Gasteiger partial charge in [0, 0.05) is 38.8 Å². The lowest BCUT2D eigenvalue weighted by molar-refractivity contribution is 0.111. The summed E-state index contributed by atoms with van der Waals surface area (Å²) in [6.07, 6.45) is 0.503. The van der Waals surface area contributed by atoms with Crippen molar-refractivity contribution in [2.75, 3.05) is 46.4 Å². The number of piperazine rings is 1. The zero-order valence-electron chi connectivity index (χ0n) is 11.1. The Hall–Kier alpha value is -1.46.